The molecule has 0 aliphatic heterocycles. The number of benzene rings is 2. The van der Waals surface area contributed by atoms with Crippen LogP contribution in [0, 0.1) is 0 Å². The van der Waals surface area contributed by atoms with E-state index in [-0.39, 0.29) is 0 Å². The van der Waals surface area contributed by atoms with Crippen LogP contribution >= 0.6 is 11.3 Å². The first-order valence-corrected chi connectivity index (χ1v) is 8.21. The van der Waals surface area contributed by atoms with Crippen LogP contribution in [0.1, 0.15) is 0 Å². The first-order valence-electron chi connectivity index (χ1n) is 7.39. The number of thiophene rings is 1. The lowest BCUT2D eigenvalue weighted by Gasteiger charge is -2.02. The fourth-order valence-corrected chi connectivity index (χ4v) is 3.80. The highest BCUT2D eigenvalue weighted by atomic mass is 32.1. The van der Waals surface area contributed by atoms with Gasteiger partial charge in [-0.1, -0.05) is 42.5 Å². The van der Waals surface area contributed by atoms with Crippen molar-refractivity contribution in [3.63, 3.8) is 0 Å². The van der Waals surface area contributed by atoms with Crippen LogP contribution in [0.3, 0.4) is 0 Å². The summed E-state index contributed by atoms with van der Waals surface area (Å²) < 4.78 is 1.21. The number of hydrogen-bond acceptors (Lipinski definition) is 4. The normalized spacial score (nSPS) is 11.5. The molecular formula is C19H11N3S. The summed E-state index contributed by atoms with van der Waals surface area (Å²) in [4.78, 5) is 15.1. The van der Waals surface area contributed by atoms with Crippen LogP contribution in [-0.2, 0) is 0 Å². The van der Waals surface area contributed by atoms with Crippen molar-refractivity contribution < 1.29 is 0 Å². The zero-order chi connectivity index (χ0) is 15.2. The molecular weight excluding hydrogens is 302 g/mol. The van der Waals surface area contributed by atoms with Crippen molar-refractivity contribution in [3.8, 4) is 11.4 Å². The zero-order valence-electron chi connectivity index (χ0n) is 12.1. The van der Waals surface area contributed by atoms with E-state index in [0.29, 0.717) is 0 Å². The molecule has 2 aromatic carbocycles. The molecule has 0 N–H and O–H groups in total. The van der Waals surface area contributed by atoms with E-state index in [4.69, 9.17) is 9.97 Å². The van der Waals surface area contributed by atoms with Gasteiger partial charge in [0.15, 0.2) is 0 Å². The Labute approximate surface area is 136 Å². The van der Waals surface area contributed by atoms with Gasteiger partial charge in [0.2, 0.25) is 0 Å². The van der Waals surface area contributed by atoms with Gasteiger partial charge in [0.1, 0.15) is 16.0 Å². The van der Waals surface area contributed by atoms with E-state index in [0.717, 1.165) is 38.0 Å². The summed E-state index contributed by atoms with van der Waals surface area (Å²) in [7, 11) is 0. The maximum absolute atomic E-state index is 4.83. The monoisotopic (exact) mass is 313 g/mol. The Morgan fingerprint density at radius 3 is 2.61 bits per heavy atom. The molecule has 0 spiro atoms. The number of aromatic nitrogens is 3. The second-order valence-corrected chi connectivity index (χ2v) is 6.43. The predicted molar refractivity (Wildman–Crippen MR) is 95.7 cm³/mol. The summed E-state index contributed by atoms with van der Waals surface area (Å²) in [6.07, 6.45) is 1.81. The molecule has 0 amide bonds. The molecule has 0 bridgehead atoms. The summed E-state index contributed by atoms with van der Waals surface area (Å²) in [6.45, 7) is 0. The second kappa shape index (κ2) is 4.83. The highest BCUT2D eigenvalue weighted by Crippen LogP contribution is 2.32. The van der Waals surface area contributed by atoms with Crippen molar-refractivity contribution in [2.24, 2.45) is 0 Å². The number of pyridine rings is 1. The van der Waals surface area contributed by atoms with Gasteiger partial charge in [-0.05, 0) is 18.2 Å². The van der Waals surface area contributed by atoms with Crippen LogP contribution in [0.5, 0.6) is 0 Å². The van der Waals surface area contributed by atoms with Crippen LogP contribution in [0.2, 0.25) is 0 Å². The molecule has 3 heterocycles. The van der Waals surface area contributed by atoms with Gasteiger partial charge in [-0.25, -0.2) is 15.0 Å². The fourth-order valence-electron chi connectivity index (χ4n) is 2.82. The van der Waals surface area contributed by atoms with Crippen molar-refractivity contribution in [2.75, 3.05) is 0 Å². The van der Waals surface area contributed by atoms with E-state index in [1.54, 1.807) is 11.3 Å². The van der Waals surface area contributed by atoms with Gasteiger partial charge in [-0.2, -0.15) is 0 Å². The van der Waals surface area contributed by atoms with E-state index >= 15 is 0 Å². The summed E-state index contributed by atoms with van der Waals surface area (Å²) >= 11 is 1.67. The Morgan fingerprint density at radius 1 is 0.739 bits per heavy atom. The van der Waals surface area contributed by atoms with Crippen molar-refractivity contribution in [3.05, 3.63) is 66.9 Å². The van der Waals surface area contributed by atoms with E-state index < -0.39 is 0 Å². The van der Waals surface area contributed by atoms with Gasteiger partial charge in [-0.15, -0.1) is 11.3 Å². The van der Waals surface area contributed by atoms with E-state index in [2.05, 4.69) is 29.2 Å². The lowest BCUT2D eigenvalue weighted by atomic mass is 10.2. The van der Waals surface area contributed by atoms with E-state index in [1.165, 1.54) is 4.70 Å². The molecule has 3 nitrogen and oxygen atoms in total. The average molecular weight is 313 g/mol. The van der Waals surface area contributed by atoms with Gasteiger partial charge in [0.25, 0.3) is 0 Å². The first kappa shape index (κ1) is 12.7. The Bertz CT molecular complexity index is 1180. The van der Waals surface area contributed by atoms with Gasteiger partial charge in [0.05, 0.1) is 17.4 Å². The number of nitrogens with zero attached hydrogens (tertiary/aromatic N) is 3. The van der Waals surface area contributed by atoms with Crippen LogP contribution in [-0.4, -0.2) is 15.0 Å². The lowest BCUT2D eigenvalue weighted by molar-refractivity contribution is 1.27. The van der Waals surface area contributed by atoms with Crippen molar-refractivity contribution in [1.29, 1.82) is 0 Å². The van der Waals surface area contributed by atoms with Crippen LogP contribution in [0.15, 0.2) is 66.9 Å². The molecule has 108 valence electrons. The Balaban J connectivity index is 1.76. The third-order valence-corrected chi connectivity index (χ3v) is 5.02. The lowest BCUT2D eigenvalue weighted by Crippen LogP contribution is -1.90. The predicted octanol–water partition coefficient (Wildman–Crippen LogP) is 5.06. The van der Waals surface area contributed by atoms with Gasteiger partial charge < -0.3 is 0 Å². The van der Waals surface area contributed by atoms with Gasteiger partial charge in [-0.3, -0.25) is 0 Å². The zero-order valence-corrected chi connectivity index (χ0v) is 12.9. The molecule has 0 unspecified atom stereocenters. The van der Waals surface area contributed by atoms with Gasteiger partial charge >= 0.3 is 0 Å². The highest BCUT2D eigenvalue weighted by Gasteiger charge is 2.10. The molecule has 0 atom stereocenters. The minimum absolute atomic E-state index is 0.812. The third-order valence-electron chi connectivity index (χ3n) is 3.95. The summed E-state index contributed by atoms with van der Waals surface area (Å²) in [6, 6.07) is 20.5. The van der Waals surface area contributed by atoms with Crippen molar-refractivity contribution in [1.82, 2.24) is 15.0 Å². The largest absolute Gasteiger partial charge is 0.246 e. The first-order chi connectivity index (χ1) is 11.4. The van der Waals surface area contributed by atoms with Crippen LogP contribution in [0.4, 0.5) is 0 Å². The smallest absolute Gasteiger partial charge is 0.143 e. The molecule has 0 fully saturated rings. The van der Waals surface area contributed by atoms with Crippen molar-refractivity contribution in [2.45, 2.75) is 0 Å². The number of fused-ring (bicyclic) bond motifs is 4. The minimum Gasteiger partial charge on any atom is -0.246 e. The summed E-state index contributed by atoms with van der Waals surface area (Å²) in [5.41, 5.74) is 3.60. The highest BCUT2D eigenvalue weighted by molar-refractivity contribution is 7.25. The fraction of sp³-hybridized carbons (Fsp3) is 0. The Hall–Kier alpha value is -2.85. The molecule has 0 aliphatic rings. The standard InChI is InChI=1S/C19H11N3S/c1-3-7-14-12(5-1)9-10-15(21-14)16-11-20-19-18(22-16)13-6-2-4-8-17(13)23-19/h1-11H. The third kappa shape index (κ3) is 1.99. The quantitative estimate of drug-likeness (QED) is 0.434. The van der Waals surface area contributed by atoms with Crippen molar-refractivity contribution >= 4 is 42.7 Å². The second-order valence-electron chi connectivity index (χ2n) is 5.40. The molecule has 5 rings (SSSR count). The molecule has 0 saturated carbocycles. The minimum atomic E-state index is 0.812. The molecule has 5 aromatic rings. The summed E-state index contributed by atoms with van der Waals surface area (Å²) in [5.74, 6) is 0. The Kier molecular flexibility index (Phi) is 2.66. The number of rotatable bonds is 1. The molecule has 23 heavy (non-hydrogen) atoms. The number of para-hydroxylation sites is 1. The maximum atomic E-state index is 4.83. The number of hydrogen-bond donors (Lipinski definition) is 0. The molecule has 0 aliphatic carbocycles. The molecule has 4 heteroatoms. The summed E-state index contributed by atoms with van der Waals surface area (Å²) in [5, 5.41) is 2.29. The molecule has 3 aromatic heterocycles. The van der Waals surface area contributed by atoms with Gasteiger partial charge in [0, 0.05) is 15.5 Å². The molecule has 0 saturated heterocycles. The van der Waals surface area contributed by atoms with E-state index in [9.17, 15) is 0 Å². The Morgan fingerprint density at radius 2 is 1.61 bits per heavy atom. The van der Waals surface area contributed by atoms with Crippen LogP contribution < -0.4 is 0 Å². The topological polar surface area (TPSA) is 38.7 Å². The SMILES string of the molecule is c1ccc2nc(-c3cnc4sc5ccccc5c4n3)ccc2c1. The van der Waals surface area contributed by atoms with E-state index in [1.807, 2.05) is 42.6 Å². The van der Waals surface area contributed by atoms with Crippen LogP contribution in [0.25, 0.3) is 42.7 Å². The maximum Gasteiger partial charge on any atom is 0.143 e. The average Bonchev–Trinajstić information content (AvgIpc) is 2.99. The molecule has 0 radical (unpaired) electrons.